The molecule has 0 radical (unpaired) electrons. The predicted molar refractivity (Wildman–Crippen MR) is 98.7 cm³/mol. The number of nitrogens with zero attached hydrogens (tertiary/aromatic N) is 3. The molecule has 9 heteroatoms. The van der Waals surface area contributed by atoms with Crippen molar-refractivity contribution in [1.82, 2.24) is 19.9 Å². The number of hydrogen-bond donors (Lipinski definition) is 1. The number of carbonyl (C=O) groups is 1. The summed E-state index contributed by atoms with van der Waals surface area (Å²) in [5, 5.41) is 6.68. The molecule has 0 saturated carbocycles. The fourth-order valence-corrected chi connectivity index (χ4v) is 2.89. The van der Waals surface area contributed by atoms with Crippen LogP contribution in [0.5, 0.6) is 5.75 Å². The van der Waals surface area contributed by atoms with Crippen LogP contribution in [0.25, 0.3) is 16.9 Å². The van der Waals surface area contributed by atoms with Gasteiger partial charge in [0.15, 0.2) is 5.65 Å². The van der Waals surface area contributed by atoms with E-state index in [9.17, 15) is 13.6 Å². The molecule has 1 atom stereocenters. The van der Waals surface area contributed by atoms with Crippen molar-refractivity contribution in [2.45, 2.75) is 19.4 Å². The average molecular weight is 390 g/mol. The third kappa shape index (κ3) is 3.79. The van der Waals surface area contributed by atoms with Crippen molar-refractivity contribution >= 4 is 11.6 Å². The summed E-state index contributed by atoms with van der Waals surface area (Å²) in [5.74, 6) is 0.0169. The molecule has 1 amide bonds. The number of para-hydroxylation sites is 1. The topological polar surface area (TPSA) is 77.8 Å². The zero-order valence-corrected chi connectivity index (χ0v) is 15.6. The van der Waals surface area contributed by atoms with Gasteiger partial charge in [-0.15, -0.1) is 0 Å². The summed E-state index contributed by atoms with van der Waals surface area (Å²) >= 11 is 0. The molecule has 0 fully saturated rings. The molecule has 0 aliphatic heterocycles. The Kier molecular flexibility index (Phi) is 5.84. The van der Waals surface area contributed by atoms with Gasteiger partial charge in [0.2, 0.25) is 0 Å². The largest absolute Gasteiger partial charge is 0.496 e. The molecule has 2 heterocycles. The van der Waals surface area contributed by atoms with Crippen LogP contribution in [0, 0.1) is 0 Å². The number of alkyl halides is 2. The van der Waals surface area contributed by atoms with Gasteiger partial charge in [-0.25, -0.2) is 18.3 Å². The lowest BCUT2D eigenvalue weighted by atomic mass is 10.1. The molecule has 0 unspecified atom stereocenters. The Morgan fingerprint density at radius 2 is 2.04 bits per heavy atom. The van der Waals surface area contributed by atoms with Crippen LogP contribution in [0.4, 0.5) is 8.78 Å². The van der Waals surface area contributed by atoms with E-state index in [1.54, 1.807) is 31.2 Å². The Labute approximate surface area is 160 Å². The van der Waals surface area contributed by atoms with Gasteiger partial charge in [0.25, 0.3) is 12.3 Å². The molecular formula is C19H20F2N4O3. The van der Waals surface area contributed by atoms with Crippen molar-refractivity contribution in [1.29, 1.82) is 0 Å². The number of nitrogens with one attached hydrogen (secondary N) is 1. The molecule has 7 nitrogen and oxygen atoms in total. The molecule has 0 aliphatic carbocycles. The van der Waals surface area contributed by atoms with E-state index in [4.69, 9.17) is 9.47 Å². The summed E-state index contributed by atoms with van der Waals surface area (Å²) < 4.78 is 38.6. The maximum atomic E-state index is 13.7. The Bertz CT molecular complexity index is 990. The quantitative estimate of drug-likeness (QED) is 0.671. The Morgan fingerprint density at radius 3 is 2.71 bits per heavy atom. The monoisotopic (exact) mass is 390 g/mol. The molecule has 2 aromatic heterocycles. The summed E-state index contributed by atoms with van der Waals surface area (Å²) in [4.78, 5) is 17.0. The van der Waals surface area contributed by atoms with Crippen LogP contribution in [0.1, 0.15) is 29.4 Å². The van der Waals surface area contributed by atoms with E-state index in [0.29, 0.717) is 17.9 Å². The lowest BCUT2D eigenvalue weighted by molar-refractivity contribution is 0.0907. The third-order valence-corrected chi connectivity index (χ3v) is 4.14. The maximum absolute atomic E-state index is 13.7. The highest BCUT2D eigenvalue weighted by Gasteiger charge is 2.23. The minimum Gasteiger partial charge on any atom is -0.496 e. The van der Waals surface area contributed by atoms with Crippen molar-refractivity contribution in [2.24, 2.45) is 0 Å². The number of fused-ring (bicyclic) bond motifs is 1. The lowest BCUT2D eigenvalue weighted by Gasteiger charge is -2.13. The number of benzene rings is 1. The van der Waals surface area contributed by atoms with Gasteiger partial charge in [-0.05, 0) is 25.1 Å². The van der Waals surface area contributed by atoms with Crippen molar-refractivity contribution in [3.63, 3.8) is 0 Å². The van der Waals surface area contributed by atoms with E-state index >= 15 is 0 Å². The number of ether oxygens (including phenoxy) is 2. The second-order valence-corrected chi connectivity index (χ2v) is 6.19. The van der Waals surface area contributed by atoms with Gasteiger partial charge < -0.3 is 14.8 Å². The SMILES string of the molecule is COC[C@H](C)NC(=O)c1cnn2c(C(F)F)cc(-c3ccccc3OC)nc12. The molecule has 0 saturated heterocycles. The van der Waals surface area contributed by atoms with Crippen molar-refractivity contribution in [3.8, 4) is 17.0 Å². The number of amides is 1. The predicted octanol–water partition coefficient (Wildman–Crippen LogP) is 3.11. The first-order chi connectivity index (χ1) is 13.5. The first-order valence-corrected chi connectivity index (χ1v) is 8.56. The van der Waals surface area contributed by atoms with E-state index in [1.807, 2.05) is 0 Å². The molecule has 3 aromatic rings. The highest BCUT2D eigenvalue weighted by molar-refractivity contribution is 6.00. The van der Waals surface area contributed by atoms with E-state index in [-0.39, 0.29) is 28.6 Å². The molecule has 3 rings (SSSR count). The van der Waals surface area contributed by atoms with Crippen LogP contribution in [0.3, 0.4) is 0 Å². The zero-order chi connectivity index (χ0) is 20.3. The van der Waals surface area contributed by atoms with E-state index in [1.165, 1.54) is 26.5 Å². The van der Waals surface area contributed by atoms with E-state index < -0.39 is 12.3 Å². The molecule has 1 N–H and O–H groups in total. The van der Waals surface area contributed by atoms with Crippen LogP contribution < -0.4 is 10.1 Å². The van der Waals surface area contributed by atoms with Crippen LogP contribution in [-0.2, 0) is 4.74 Å². The zero-order valence-electron chi connectivity index (χ0n) is 15.6. The standard InChI is InChI=1S/C19H20F2N4O3/c1-11(10-27-2)23-19(26)13-9-22-25-15(17(20)21)8-14(24-18(13)25)12-6-4-5-7-16(12)28-3/h4-9,11,17H,10H2,1-3H3,(H,23,26)/t11-/m0/s1. The van der Waals surface area contributed by atoms with Gasteiger partial charge >= 0.3 is 0 Å². The lowest BCUT2D eigenvalue weighted by Crippen LogP contribution is -2.35. The third-order valence-electron chi connectivity index (χ3n) is 4.14. The Hall–Kier alpha value is -3.07. The summed E-state index contributed by atoms with van der Waals surface area (Å²) in [6.45, 7) is 2.08. The van der Waals surface area contributed by atoms with Crippen molar-refractivity contribution in [3.05, 3.63) is 47.8 Å². The second-order valence-electron chi connectivity index (χ2n) is 6.19. The van der Waals surface area contributed by atoms with Crippen LogP contribution >= 0.6 is 0 Å². The van der Waals surface area contributed by atoms with E-state index in [2.05, 4.69) is 15.4 Å². The number of carbonyl (C=O) groups excluding carboxylic acids is 1. The number of halogens is 2. The van der Waals surface area contributed by atoms with Gasteiger partial charge in [-0.2, -0.15) is 5.10 Å². The highest BCUT2D eigenvalue weighted by Crippen LogP contribution is 2.32. The molecule has 0 aliphatic rings. The first kappa shape index (κ1) is 19.7. The molecule has 1 aromatic carbocycles. The minimum absolute atomic E-state index is 0.0424. The van der Waals surface area contributed by atoms with Crippen LogP contribution in [-0.4, -0.2) is 47.4 Å². The average Bonchev–Trinajstić information content (AvgIpc) is 3.11. The molecule has 148 valence electrons. The van der Waals surface area contributed by atoms with Crippen molar-refractivity contribution < 1.29 is 23.0 Å². The Balaban J connectivity index is 2.14. The molecule has 0 spiro atoms. The molecule has 0 bridgehead atoms. The van der Waals surface area contributed by atoms with Crippen LogP contribution in [0.2, 0.25) is 0 Å². The smallest absolute Gasteiger partial charge is 0.280 e. The van der Waals surface area contributed by atoms with E-state index in [0.717, 1.165) is 4.52 Å². The van der Waals surface area contributed by atoms with Crippen LogP contribution in [0.15, 0.2) is 36.5 Å². The molecular weight excluding hydrogens is 370 g/mol. The van der Waals surface area contributed by atoms with Gasteiger partial charge in [-0.1, -0.05) is 12.1 Å². The van der Waals surface area contributed by atoms with Gasteiger partial charge in [0, 0.05) is 18.7 Å². The molecule has 28 heavy (non-hydrogen) atoms. The fourth-order valence-electron chi connectivity index (χ4n) is 2.89. The Morgan fingerprint density at radius 1 is 1.29 bits per heavy atom. The summed E-state index contributed by atoms with van der Waals surface area (Å²) in [6, 6.07) is 7.92. The summed E-state index contributed by atoms with van der Waals surface area (Å²) in [5.41, 5.74) is 0.576. The maximum Gasteiger partial charge on any atom is 0.280 e. The summed E-state index contributed by atoms with van der Waals surface area (Å²) in [6.07, 6.45) is -1.57. The van der Waals surface area contributed by atoms with Gasteiger partial charge in [-0.3, -0.25) is 4.79 Å². The number of methoxy groups -OCH3 is 2. The highest BCUT2D eigenvalue weighted by atomic mass is 19.3. The normalized spacial score (nSPS) is 12.4. The van der Waals surface area contributed by atoms with Gasteiger partial charge in [0.1, 0.15) is 17.0 Å². The fraction of sp³-hybridized carbons (Fsp3) is 0.316. The second kappa shape index (κ2) is 8.30. The number of aromatic nitrogens is 3. The summed E-state index contributed by atoms with van der Waals surface area (Å²) in [7, 11) is 3.01. The van der Waals surface area contributed by atoms with Crippen molar-refractivity contribution in [2.75, 3.05) is 20.8 Å². The van der Waals surface area contributed by atoms with Gasteiger partial charge in [0.05, 0.1) is 25.6 Å². The first-order valence-electron chi connectivity index (χ1n) is 8.56. The minimum atomic E-state index is -2.80. The number of rotatable bonds is 7. The number of hydrogen-bond acceptors (Lipinski definition) is 5.